The first-order valence-electron chi connectivity index (χ1n) is 26.0. The Morgan fingerprint density at radius 3 is 1.42 bits per heavy atom. The van der Waals surface area contributed by atoms with Gasteiger partial charge in [0.25, 0.3) is 23.6 Å². The van der Waals surface area contributed by atoms with Gasteiger partial charge in [0, 0.05) is 99.4 Å². The number of fused-ring (bicyclic) bond motifs is 3. The number of nitrogens with one attached hydrogen (secondary N) is 5. The monoisotopic (exact) mass is 1090 g/mol. The molecule has 18 heteroatoms. The second-order valence-electron chi connectivity index (χ2n) is 19.7. The first-order chi connectivity index (χ1) is 38.1. The Balaban J connectivity index is 0.000000179. The molecular formula is C61H58N8O8S2. The highest BCUT2D eigenvalue weighted by molar-refractivity contribution is 7.90. The number of aromatic nitrogens is 2. The first kappa shape index (κ1) is 53.8. The van der Waals surface area contributed by atoms with Gasteiger partial charge in [0.05, 0.1) is 9.79 Å². The molecule has 0 atom stereocenters. The minimum Gasteiger partial charge on any atom is -0.351 e. The van der Waals surface area contributed by atoms with Crippen LogP contribution >= 0.6 is 0 Å². The predicted octanol–water partition coefficient (Wildman–Crippen LogP) is 9.84. The Morgan fingerprint density at radius 2 is 0.937 bits per heavy atom. The normalized spacial score (nSPS) is 14.4. The maximum atomic E-state index is 13.6. The number of hydrogen-bond acceptors (Lipinski definition) is 9. The van der Waals surface area contributed by atoms with Crippen LogP contribution < -0.4 is 20.1 Å². The van der Waals surface area contributed by atoms with Crippen LogP contribution in [-0.4, -0.2) is 98.5 Å². The van der Waals surface area contributed by atoms with Crippen LogP contribution in [0.2, 0.25) is 0 Å². The summed E-state index contributed by atoms with van der Waals surface area (Å²) in [6.45, 7) is 5.52. The summed E-state index contributed by atoms with van der Waals surface area (Å²) in [6.07, 6.45) is 3.60. The molecule has 2 aromatic heterocycles. The number of pyridine rings is 1. The largest absolute Gasteiger partial charge is 0.351 e. The van der Waals surface area contributed by atoms with Crippen LogP contribution in [0.4, 0.5) is 11.4 Å². The highest BCUT2D eigenvalue weighted by Crippen LogP contribution is 2.32. The van der Waals surface area contributed by atoms with Crippen molar-refractivity contribution in [3.05, 3.63) is 210 Å². The molecule has 11 rings (SSSR count). The molecule has 4 heterocycles. The molecule has 2 fully saturated rings. The minimum atomic E-state index is -3.87. The fraction of sp³-hybridized carbons (Fsp3) is 0.197. The number of nitrogens with zero attached hydrogens (tertiary/aromatic N) is 3. The molecule has 9 aromatic rings. The van der Waals surface area contributed by atoms with Crippen molar-refractivity contribution in [2.45, 2.75) is 61.4 Å². The molecule has 0 bridgehead atoms. The van der Waals surface area contributed by atoms with E-state index in [1.54, 1.807) is 125 Å². The number of carbonyl (C=O) groups excluding carboxylic acids is 4. The molecule has 7 aromatic carbocycles. The molecule has 2 saturated heterocycles. The molecule has 0 saturated carbocycles. The molecule has 402 valence electrons. The van der Waals surface area contributed by atoms with E-state index < -0.39 is 20.0 Å². The van der Waals surface area contributed by atoms with Gasteiger partial charge in [-0.2, -0.15) is 0 Å². The summed E-state index contributed by atoms with van der Waals surface area (Å²) in [4.78, 5) is 62.7. The smallest absolute Gasteiger partial charge is 0.272 e. The van der Waals surface area contributed by atoms with Crippen molar-refractivity contribution in [1.82, 2.24) is 29.2 Å². The van der Waals surface area contributed by atoms with Crippen molar-refractivity contribution in [2.75, 3.05) is 36.8 Å². The van der Waals surface area contributed by atoms with Crippen molar-refractivity contribution >= 4 is 87.5 Å². The van der Waals surface area contributed by atoms with Crippen LogP contribution in [-0.2, 0) is 20.0 Å². The second kappa shape index (κ2) is 23.2. The van der Waals surface area contributed by atoms with E-state index in [1.165, 1.54) is 0 Å². The van der Waals surface area contributed by atoms with Crippen molar-refractivity contribution < 1.29 is 36.0 Å². The van der Waals surface area contributed by atoms with Crippen LogP contribution in [0.25, 0.3) is 32.4 Å². The zero-order valence-electron chi connectivity index (χ0n) is 43.5. The highest BCUT2D eigenvalue weighted by Gasteiger charge is 2.31. The number of hydrogen-bond donors (Lipinski definition) is 5. The number of sulfonamides is 2. The number of para-hydroxylation sites is 1. The van der Waals surface area contributed by atoms with Crippen molar-refractivity contribution in [3.63, 3.8) is 0 Å². The minimum absolute atomic E-state index is 0.0863. The number of rotatable bonds is 12. The quantitative estimate of drug-likeness (QED) is 0.0785. The summed E-state index contributed by atoms with van der Waals surface area (Å²) in [7, 11) is -7.73. The number of likely N-dealkylation sites (tertiary alicyclic amines) is 2. The van der Waals surface area contributed by atoms with Gasteiger partial charge in [-0.25, -0.2) is 26.3 Å². The standard InChI is InChI=1S/C32H30N4O4S.C29H28N4O4S/c1-21-8-2-4-10-24(21)31(37)34-28-14-6-12-26-25(28)11-7-15-30(26)41(39,40)35-23-16-18-36(19-17-23)32(38)29-20-22-9-3-5-13-27(22)33-29;1-20-8-2-3-9-22(20)28(34)31-25-13-6-11-24-23(25)10-7-14-27(24)38(36,37)32-21-15-18-33(19-16-21)29(35)26-12-4-5-17-30-26/h2-15,20,23,33,35H,16-19H2,1H3,(H,34,37);2-14,17,21,32H,15-16,18-19H2,1H3,(H,31,34). The van der Waals surface area contributed by atoms with Crippen molar-refractivity contribution in [1.29, 1.82) is 0 Å². The second-order valence-corrected chi connectivity index (χ2v) is 23.1. The maximum Gasteiger partial charge on any atom is 0.272 e. The first-order valence-corrected chi connectivity index (χ1v) is 29.0. The maximum absolute atomic E-state index is 13.6. The topological polar surface area (TPSA) is 220 Å². The lowest BCUT2D eigenvalue weighted by atomic mass is 10.1. The number of benzene rings is 7. The molecule has 0 spiro atoms. The lowest BCUT2D eigenvalue weighted by Crippen LogP contribution is -2.46. The molecule has 2 aliphatic rings. The van der Waals surface area contributed by atoms with Gasteiger partial charge >= 0.3 is 0 Å². The van der Waals surface area contributed by atoms with E-state index >= 15 is 0 Å². The molecule has 0 radical (unpaired) electrons. The Bertz CT molecular complexity index is 3970. The van der Waals surface area contributed by atoms with E-state index in [0.29, 0.717) is 107 Å². The predicted molar refractivity (Wildman–Crippen MR) is 307 cm³/mol. The van der Waals surface area contributed by atoms with Crippen molar-refractivity contribution in [2.24, 2.45) is 0 Å². The Morgan fingerprint density at radius 1 is 0.494 bits per heavy atom. The average Bonchev–Trinajstić information content (AvgIpc) is 4.02. The number of H-pyrrole nitrogens is 1. The Labute approximate surface area is 458 Å². The molecule has 16 nitrogen and oxygen atoms in total. The summed E-state index contributed by atoms with van der Waals surface area (Å²) in [5.41, 5.74) is 5.72. The van der Waals surface area contributed by atoms with Gasteiger partial charge in [0.15, 0.2) is 0 Å². The van der Waals surface area contributed by atoms with E-state index in [9.17, 15) is 36.0 Å². The number of amides is 4. The third kappa shape index (κ3) is 12.0. The molecule has 79 heavy (non-hydrogen) atoms. The molecular weight excluding hydrogens is 1040 g/mol. The van der Waals surface area contributed by atoms with Gasteiger partial charge in [-0.05, 0) is 111 Å². The summed E-state index contributed by atoms with van der Waals surface area (Å²) < 4.78 is 59.7. The fourth-order valence-corrected chi connectivity index (χ4v) is 13.3. The highest BCUT2D eigenvalue weighted by atomic mass is 32.2. The van der Waals surface area contributed by atoms with E-state index in [2.05, 4.69) is 30.0 Å². The van der Waals surface area contributed by atoms with Crippen molar-refractivity contribution in [3.8, 4) is 0 Å². The molecule has 4 amide bonds. The summed E-state index contributed by atoms with van der Waals surface area (Å²) in [5.74, 6) is -0.747. The number of carbonyl (C=O) groups is 4. The zero-order chi connectivity index (χ0) is 55.3. The van der Waals surface area contributed by atoms with Gasteiger partial charge in [-0.3, -0.25) is 24.2 Å². The third-order valence-electron chi connectivity index (χ3n) is 14.5. The van der Waals surface area contributed by atoms with Crippen LogP contribution in [0.15, 0.2) is 186 Å². The Hall–Kier alpha value is -8.55. The summed E-state index contributed by atoms with van der Waals surface area (Å²) in [5, 5.41) is 9.17. The van der Waals surface area contributed by atoms with Gasteiger partial charge in [0.1, 0.15) is 11.4 Å². The third-order valence-corrected chi connectivity index (χ3v) is 17.6. The fourth-order valence-electron chi connectivity index (χ4n) is 10.3. The summed E-state index contributed by atoms with van der Waals surface area (Å²) >= 11 is 0. The number of aromatic amines is 1. The Kier molecular flexibility index (Phi) is 15.8. The van der Waals surface area contributed by atoms with Crippen LogP contribution in [0, 0.1) is 13.8 Å². The van der Waals surface area contributed by atoms with E-state index in [-0.39, 0.29) is 45.5 Å². The lowest BCUT2D eigenvalue weighted by molar-refractivity contribution is 0.0698. The van der Waals surface area contributed by atoms with E-state index in [1.807, 2.05) is 74.5 Å². The molecule has 0 unspecified atom stereocenters. The number of piperidine rings is 2. The van der Waals surface area contributed by atoms with Crippen LogP contribution in [0.1, 0.15) is 78.5 Å². The molecule has 0 aliphatic carbocycles. The SMILES string of the molecule is Cc1ccccc1C(=O)Nc1cccc2c(S(=O)(=O)NC3CCN(C(=O)c4cc5ccccc5[nH]4)CC3)cccc12.Cc1ccccc1C(=O)Nc1cccc2c(S(=O)(=O)NC3CCN(C(=O)c4ccccn4)CC3)cccc12. The number of aryl methyl sites for hydroxylation is 2. The van der Waals surface area contributed by atoms with Crippen LogP contribution in [0.3, 0.4) is 0 Å². The van der Waals surface area contributed by atoms with E-state index in [0.717, 1.165) is 22.0 Å². The molecule has 2 aliphatic heterocycles. The zero-order valence-corrected chi connectivity index (χ0v) is 45.1. The summed E-state index contributed by atoms with van der Waals surface area (Å²) in [6, 6.07) is 49.4. The van der Waals surface area contributed by atoms with Gasteiger partial charge < -0.3 is 25.4 Å². The van der Waals surface area contributed by atoms with Gasteiger partial charge in [0.2, 0.25) is 20.0 Å². The van der Waals surface area contributed by atoms with Crippen LogP contribution in [0.5, 0.6) is 0 Å². The molecule has 5 N–H and O–H groups in total. The number of anilines is 2. The average molecular weight is 1100 g/mol. The van der Waals surface area contributed by atoms with Gasteiger partial charge in [-0.15, -0.1) is 0 Å². The van der Waals surface area contributed by atoms with E-state index in [4.69, 9.17) is 0 Å². The van der Waals surface area contributed by atoms with Gasteiger partial charge in [-0.1, -0.05) is 109 Å². The lowest BCUT2D eigenvalue weighted by Gasteiger charge is -2.32.